The molecule has 0 saturated carbocycles. The van der Waals surface area contributed by atoms with Crippen molar-refractivity contribution in [3.05, 3.63) is 0 Å². The van der Waals surface area contributed by atoms with E-state index in [1.54, 1.807) is 0 Å². The van der Waals surface area contributed by atoms with Crippen molar-refractivity contribution in [3.63, 3.8) is 0 Å². The molecular weight excluding hydrogens is 275 g/mol. The van der Waals surface area contributed by atoms with E-state index in [0.717, 1.165) is 48.6 Å². The van der Waals surface area contributed by atoms with E-state index in [2.05, 4.69) is 0 Å². The molecule has 2 aliphatic heterocycles. The number of phosphoric acid groups is 1. The number of carbonyl (C=O) groups is 2. The molecule has 0 aromatic rings. The molecule has 2 rings (SSSR count). The molecule has 2 fully saturated rings. The van der Waals surface area contributed by atoms with Crippen molar-refractivity contribution in [1.29, 1.82) is 0 Å². The molecule has 0 bridgehead atoms. The molecule has 0 spiro atoms. The highest BCUT2D eigenvalue weighted by Gasteiger charge is 2.21. The molecular formula is C10H21N2O6P. The second-order valence-electron chi connectivity index (χ2n) is 4.58. The first-order valence-electron chi connectivity index (χ1n) is 6.07. The Labute approximate surface area is 112 Å². The van der Waals surface area contributed by atoms with Crippen LogP contribution in [0.1, 0.15) is 25.7 Å². The maximum atomic E-state index is 10.5. The topological polar surface area (TPSA) is 126 Å². The van der Waals surface area contributed by atoms with Crippen LogP contribution >= 0.6 is 7.82 Å². The molecule has 0 aromatic carbocycles. The third-order valence-corrected chi connectivity index (χ3v) is 2.86. The first-order chi connectivity index (χ1) is 8.61. The Kier molecular flexibility index (Phi) is 8.24. The van der Waals surface area contributed by atoms with Gasteiger partial charge in [-0.15, -0.1) is 0 Å². The zero-order valence-corrected chi connectivity index (χ0v) is 12.1. The summed E-state index contributed by atoms with van der Waals surface area (Å²) in [7, 11) is -1.29. The van der Waals surface area contributed by atoms with Crippen LogP contribution in [0, 0.1) is 0 Å². The van der Waals surface area contributed by atoms with Crippen molar-refractivity contribution < 1.29 is 38.6 Å². The lowest BCUT2D eigenvalue weighted by atomic mass is 10.4. The number of rotatable bonds is 0. The summed E-state index contributed by atoms with van der Waals surface area (Å²) in [4.78, 5) is 47.5. The van der Waals surface area contributed by atoms with Crippen molar-refractivity contribution in [2.75, 3.05) is 27.2 Å². The first-order valence-corrected chi connectivity index (χ1v) is 7.57. The summed E-state index contributed by atoms with van der Waals surface area (Å²) in [6.45, 7) is 2.08. The fourth-order valence-electron chi connectivity index (χ4n) is 1.73. The van der Waals surface area contributed by atoms with Gasteiger partial charge in [0.15, 0.2) is 0 Å². The molecule has 8 nitrogen and oxygen atoms in total. The van der Waals surface area contributed by atoms with Crippen molar-refractivity contribution in [2.45, 2.75) is 25.7 Å². The number of amides is 2. The fourth-order valence-corrected chi connectivity index (χ4v) is 1.73. The van der Waals surface area contributed by atoms with E-state index < -0.39 is 7.82 Å². The average molecular weight is 296 g/mol. The Hall–Kier alpha value is -0.630. The van der Waals surface area contributed by atoms with Crippen LogP contribution in [0.4, 0.5) is 0 Å². The lowest BCUT2D eigenvalue weighted by Gasteiger charge is -2.19. The standard InChI is InChI=1S/2C5H9NO.H3O4P/c2*1-6-4-2-3-5(6)7;1-5(2,3)4/h2*2-4H2,1H3;(H3,1,2,3,4). The number of nitrogens with one attached hydrogen (secondary N) is 2. The van der Waals surface area contributed by atoms with Gasteiger partial charge in [-0.25, -0.2) is 9.59 Å². The molecule has 19 heavy (non-hydrogen) atoms. The lowest BCUT2D eigenvalue weighted by Crippen LogP contribution is -3.09. The number of carbonyl (C=O) groups excluding carboxylic acids is 2. The summed E-state index contributed by atoms with van der Waals surface area (Å²) in [5, 5.41) is 0. The minimum Gasteiger partial charge on any atom is -0.790 e. The number of likely N-dealkylation sites (tertiary alicyclic amines) is 2. The Morgan fingerprint density at radius 3 is 1.32 bits per heavy atom. The maximum Gasteiger partial charge on any atom is 0.312 e. The van der Waals surface area contributed by atoms with Crippen LogP contribution in [-0.2, 0) is 14.2 Å². The monoisotopic (exact) mass is 296 g/mol. The van der Waals surface area contributed by atoms with E-state index in [-0.39, 0.29) is 0 Å². The Morgan fingerprint density at radius 1 is 1.00 bits per heavy atom. The van der Waals surface area contributed by atoms with Crippen molar-refractivity contribution in [3.8, 4) is 0 Å². The molecule has 2 saturated heterocycles. The third-order valence-electron chi connectivity index (χ3n) is 2.86. The second kappa shape index (κ2) is 8.52. The largest absolute Gasteiger partial charge is 0.790 e. The highest BCUT2D eigenvalue weighted by molar-refractivity contribution is 7.42. The molecule has 0 aliphatic carbocycles. The van der Waals surface area contributed by atoms with Crippen LogP contribution in [-0.4, -0.2) is 43.9 Å². The van der Waals surface area contributed by atoms with Gasteiger partial charge >= 0.3 is 11.8 Å². The Morgan fingerprint density at radius 2 is 1.26 bits per heavy atom. The molecule has 9 heteroatoms. The summed E-state index contributed by atoms with van der Waals surface area (Å²) in [6.07, 6.45) is 3.77. The van der Waals surface area contributed by atoms with E-state index in [1.165, 1.54) is 0 Å². The minimum absolute atomic E-state index is 0.375. The normalized spacial score (nSPS) is 26.4. The van der Waals surface area contributed by atoms with Crippen molar-refractivity contribution >= 4 is 19.6 Å². The van der Waals surface area contributed by atoms with Gasteiger partial charge in [0.05, 0.1) is 47.8 Å². The zero-order chi connectivity index (χ0) is 15.1. The van der Waals surface area contributed by atoms with E-state index in [1.807, 2.05) is 14.1 Å². The number of hydrogen-bond acceptors (Lipinski definition) is 5. The SMILES string of the molecule is C[NH+]1CCCC1=O.C[NH+]1CCCC1=O.O=P([O-])([O-])O. The molecule has 2 amide bonds. The van der Waals surface area contributed by atoms with Gasteiger partial charge in [0, 0.05) is 12.8 Å². The van der Waals surface area contributed by atoms with Gasteiger partial charge < -0.3 is 19.2 Å². The van der Waals surface area contributed by atoms with Crippen LogP contribution in [0.2, 0.25) is 0 Å². The minimum atomic E-state index is -5.14. The quantitative estimate of drug-likeness (QED) is 0.386. The van der Waals surface area contributed by atoms with E-state index in [4.69, 9.17) is 19.2 Å². The summed E-state index contributed by atoms with van der Waals surface area (Å²) >= 11 is 0. The van der Waals surface area contributed by atoms with Crippen LogP contribution in [0.15, 0.2) is 0 Å². The van der Waals surface area contributed by atoms with Gasteiger partial charge in [0.2, 0.25) is 0 Å². The highest BCUT2D eigenvalue weighted by atomic mass is 31.2. The van der Waals surface area contributed by atoms with E-state index in [9.17, 15) is 9.59 Å². The van der Waals surface area contributed by atoms with Gasteiger partial charge in [0.1, 0.15) is 0 Å². The molecule has 2 heterocycles. The lowest BCUT2D eigenvalue weighted by molar-refractivity contribution is -0.788. The van der Waals surface area contributed by atoms with E-state index >= 15 is 0 Å². The number of hydrogen-bond donors (Lipinski definition) is 3. The second-order valence-corrected chi connectivity index (χ2v) is 5.52. The molecule has 2 unspecified atom stereocenters. The van der Waals surface area contributed by atoms with Crippen LogP contribution < -0.4 is 19.6 Å². The smallest absolute Gasteiger partial charge is 0.312 e. The zero-order valence-electron chi connectivity index (χ0n) is 11.2. The summed E-state index contributed by atoms with van der Waals surface area (Å²) in [5.41, 5.74) is 0. The predicted octanol–water partition coefficient (Wildman–Crippen LogP) is -4.55. The van der Waals surface area contributed by atoms with Crippen molar-refractivity contribution in [2.24, 2.45) is 0 Å². The summed E-state index contributed by atoms with van der Waals surface area (Å²) < 4.78 is 8.66. The van der Waals surface area contributed by atoms with Crippen LogP contribution in [0.25, 0.3) is 0 Å². The molecule has 2 atom stereocenters. The van der Waals surface area contributed by atoms with Gasteiger partial charge in [-0.05, 0) is 0 Å². The van der Waals surface area contributed by atoms with Crippen LogP contribution in [0.3, 0.4) is 0 Å². The predicted molar refractivity (Wildman–Crippen MR) is 61.8 cm³/mol. The molecule has 2 aliphatic rings. The molecule has 0 aromatic heterocycles. The molecule has 0 radical (unpaired) electrons. The fraction of sp³-hybridized carbons (Fsp3) is 0.800. The van der Waals surface area contributed by atoms with Gasteiger partial charge in [-0.3, -0.25) is 9.80 Å². The van der Waals surface area contributed by atoms with Crippen LogP contribution in [0.5, 0.6) is 0 Å². The third kappa shape index (κ3) is 10.9. The average Bonchev–Trinajstić information content (AvgIpc) is 2.77. The summed E-state index contributed by atoms with van der Waals surface area (Å²) in [6, 6.07) is 0. The van der Waals surface area contributed by atoms with Crippen molar-refractivity contribution in [1.82, 2.24) is 0 Å². The first kappa shape index (κ1) is 18.4. The Bertz CT molecular complexity index is 324. The van der Waals surface area contributed by atoms with E-state index in [0.29, 0.717) is 11.8 Å². The van der Waals surface area contributed by atoms with Gasteiger partial charge in [0.25, 0.3) is 0 Å². The summed E-state index contributed by atoms with van der Waals surface area (Å²) in [5.74, 6) is 0.750. The maximum absolute atomic E-state index is 10.5. The number of quaternary nitrogens is 2. The Balaban J connectivity index is 0.000000261. The van der Waals surface area contributed by atoms with Gasteiger partial charge in [-0.2, -0.15) is 0 Å². The highest BCUT2D eigenvalue weighted by Crippen LogP contribution is 2.11. The molecule has 3 N–H and O–H groups in total. The molecule has 112 valence electrons. The van der Waals surface area contributed by atoms with Gasteiger partial charge in [-0.1, -0.05) is 0 Å².